The zero-order valence-electron chi connectivity index (χ0n) is 16.4. The zero-order chi connectivity index (χ0) is 21.2. The predicted molar refractivity (Wildman–Crippen MR) is 125 cm³/mol. The Kier molecular flexibility index (Phi) is 5.40. The van der Waals surface area contributed by atoms with Gasteiger partial charge in [0.25, 0.3) is 11.1 Å². The van der Waals surface area contributed by atoms with Gasteiger partial charge in [-0.2, -0.15) is 0 Å². The molecule has 1 aliphatic heterocycles. The number of carbonyl (C=O) groups excluding carboxylic acids is 2. The second-order valence-electron chi connectivity index (χ2n) is 6.98. The molecule has 1 fully saturated rings. The maximum absolute atomic E-state index is 12.9. The Balaban J connectivity index is 1.35. The number of carbonyl (C=O) groups is 2. The number of furan rings is 1. The van der Waals surface area contributed by atoms with Crippen LogP contribution in [0.15, 0.2) is 104 Å². The van der Waals surface area contributed by atoms with E-state index in [9.17, 15) is 9.59 Å². The van der Waals surface area contributed by atoms with Crippen LogP contribution in [0.4, 0.5) is 4.79 Å². The van der Waals surface area contributed by atoms with Gasteiger partial charge in [0.1, 0.15) is 5.76 Å². The van der Waals surface area contributed by atoms with Crippen molar-refractivity contribution >= 4 is 51.5 Å². The highest BCUT2D eigenvalue weighted by atomic mass is 32.2. The first-order valence-electron chi connectivity index (χ1n) is 9.72. The summed E-state index contributed by atoms with van der Waals surface area (Å²) in [6.45, 7) is 0.247. The average Bonchev–Trinajstić information content (AvgIpc) is 3.34. The molecule has 0 aliphatic carbocycles. The third-order valence-electron chi connectivity index (χ3n) is 4.92. The van der Waals surface area contributed by atoms with E-state index in [0.29, 0.717) is 10.7 Å². The quantitative estimate of drug-likeness (QED) is 0.317. The number of nitrogens with zero attached hydrogens (tertiary/aromatic N) is 1. The van der Waals surface area contributed by atoms with Gasteiger partial charge in [0.15, 0.2) is 5.09 Å². The number of benzene rings is 3. The van der Waals surface area contributed by atoms with Gasteiger partial charge in [0.2, 0.25) is 0 Å². The molecular formula is C25H17NO3S2. The highest BCUT2D eigenvalue weighted by Gasteiger charge is 2.35. The van der Waals surface area contributed by atoms with Gasteiger partial charge in [-0.3, -0.25) is 14.5 Å². The summed E-state index contributed by atoms with van der Waals surface area (Å²) in [6.07, 6.45) is 1.64. The molecule has 2 heterocycles. The molecule has 1 aromatic heterocycles. The molecule has 0 N–H and O–H groups in total. The minimum atomic E-state index is -0.295. The highest BCUT2D eigenvalue weighted by molar-refractivity contribution is 8.18. The third-order valence-corrected chi connectivity index (χ3v) is 6.75. The molecule has 0 bridgehead atoms. The van der Waals surface area contributed by atoms with Crippen LogP contribution in [0.1, 0.15) is 11.3 Å². The molecule has 152 valence electrons. The van der Waals surface area contributed by atoms with E-state index in [1.807, 2.05) is 84.9 Å². The monoisotopic (exact) mass is 443 g/mol. The fourth-order valence-electron chi connectivity index (χ4n) is 3.44. The Bertz CT molecular complexity index is 1310. The summed E-state index contributed by atoms with van der Waals surface area (Å²) in [4.78, 5) is 28.2. The summed E-state index contributed by atoms with van der Waals surface area (Å²) < 4.78 is 5.84. The van der Waals surface area contributed by atoms with Crippen LogP contribution in [0.25, 0.3) is 16.8 Å². The molecule has 4 aromatic rings. The van der Waals surface area contributed by atoms with E-state index in [2.05, 4.69) is 0 Å². The lowest BCUT2D eigenvalue weighted by atomic mass is 10.0. The minimum absolute atomic E-state index is 0.247. The first kappa shape index (κ1) is 19.7. The molecule has 3 aromatic carbocycles. The standard InChI is InChI=1S/C25H17NO3S2/c27-24-22(15-19-13-14-23(29-19)30-20-10-2-1-3-11-20)31-25(28)26(24)16-18-9-6-8-17-7-4-5-12-21(17)18/h1-15H,16H2/b22-15-. The van der Waals surface area contributed by atoms with E-state index in [1.165, 1.54) is 16.7 Å². The summed E-state index contributed by atoms with van der Waals surface area (Å²) in [5.74, 6) is 0.255. The Labute approximate surface area is 187 Å². The number of hydrogen-bond donors (Lipinski definition) is 0. The first-order valence-corrected chi connectivity index (χ1v) is 11.4. The summed E-state index contributed by atoms with van der Waals surface area (Å²) in [7, 11) is 0. The van der Waals surface area contributed by atoms with Gasteiger partial charge in [-0.05, 0) is 52.4 Å². The molecule has 0 spiro atoms. The average molecular weight is 444 g/mol. The van der Waals surface area contributed by atoms with Gasteiger partial charge in [-0.1, -0.05) is 72.4 Å². The number of hydrogen-bond acceptors (Lipinski definition) is 5. The van der Waals surface area contributed by atoms with E-state index in [0.717, 1.165) is 38.1 Å². The fraction of sp³-hybridized carbons (Fsp3) is 0.0400. The molecule has 1 saturated heterocycles. The molecule has 0 unspecified atom stereocenters. The molecule has 0 atom stereocenters. The lowest BCUT2D eigenvalue weighted by Crippen LogP contribution is -2.27. The number of amides is 2. The number of thioether (sulfide) groups is 1. The number of fused-ring (bicyclic) bond motifs is 1. The smallest absolute Gasteiger partial charge is 0.293 e. The lowest BCUT2D eigenvalue weighted by Gasteiger charge is -2.14. The van der Waals surface area contributed by atoms with E-state index >= 15 is 0 Å². The maximum atomic E-state index is 12.9. The maximum Gasteiger partial charge on any atom is 0.293 e. The van der Waals surface area contributed by atoms with Crippen molar-refractivity contribution in [3.8, 4) is 0 Å². The number of rotatable bonds is 5. The second-order valence-corrected chi connectivity index (χ2v) is 9.05. The van der Waals surface area contributed by atoms with Crippen LogP contribution in [-0.2, 0) is 11.3 Å². The summed E-state index contributed by atoms with van der Waals surface area (Å²) in [5.41, 5.74) is 0.946. The molecule has 1 aliphatic rings. The molecular weight excluding hydrogens is 426 g/mol. The summed E-state index contributed by atoms with van der Waals surface area (Å²) in [5, 5.41) is 2.59. The summed E-state index contributed by atoms with van der Waals surface area (Å²) in [6, 6.07) is 27.5. The van der Waals surface area contributed by atoms with Crippen LogP contribution in [0.2, 0.25) is 0 Å². The van der Waals surface area contributed by atoms with Crippen molar-refractivity contribution in [1.82, 2.24) is 4.90 Å². The van der Waals surface area contributed by atoms with E-state index in [-0.39, 0.29) is 17.7 Å². The Morgan fingerprint density at radius 2 is 1.65 bits per heavy atom. The topological polar surface area (TPSA) is 50.5 Å². The van der Waals surface area contributed by atoms with Crippen LogP contribution in [0.5, 0.6) is 0 Å². The van der Waals surface area contributed by atoms with Crippen molar-refractivity contribution in [2.75, 3.05) is 0 Å². The van der Waals surface area contributed by atoms with E-state index in [4.69, 9.17) is 4.42 Å². The minimum Gasteiger partial charge on any atom is -0.450 e. The van der Waals surface area contributed by atoms with Crippen molar-refractivity contribution in [2.24, 2.45) is 0 Å². The molecule has 4 nitrogen and oxygen atoms in total. The number of imide groups is 1. The molecule has 5 rings (SSSR count). The van der Waals surface area contributed by atoms with Crippen molar-refractivity contribution in [3.05, 3.63) is 101 Å². The van der Waals surface area contributed by atoms with Crippen LogP contribution >= 0.6 is 23.5 Å². The largest absolute Gasteiger partial charge is 0.450 e. The van der Waals surface area contributed by atoms with Crippen LogP contribution in [-0.4, -0.2) is 16.0 Å². The van der Waals surface area contributed by atoms with Crippen molar-refractivity contribution < 1.29 is 14.0 Å². The van der Waals surface area contributed by atoms with Gasteiger partial charge >= 0.3 is 0 Å². The van der Waals surface area contributed by atoms with Gasteiger partial charge in [0, 0.05) is 11.0 Å². The Hall–Kier alpha value is -3.22. The normalized spacial score (nSPS) is 15.4. The van der Waals surface area contributed by atoms with E-state index in [1.54, 1.807) is 6.08 Å². The van der Waals surface area contributed by atoms with Gasteiger partial charge < -0.3 is 4.42 Å². The van der Waals surface area contributed by atoms with Crippen molar-refractivity contribution in [2.45, 2.75) is 16.5 Å². The Morgan fingerprint density at radius 1 is 0.871 bits per heavy atom. The molecule has 6 heteroatoms. The van der Waals surface area contributed by atoms with E-state index < -0.39 is 0 Å². The van der Waals surface area contributed by atoms with Gasteiger partial charge in [-0.25, -0.2) is 0 Å². The Morgan fingerprint density at radius 3 is 2.52 bits per heavy atom. The second kappa shape index (κ2) is 8.49. The molecule has 31 heavy (non-hydrogen) atoms. The van der Waals surface area contributed by atoms with Crippen LogP contribution < -0.4 is 0 Å². The summed E-state index contributed by atoms with van der Waals surface area (Å²) >= 11 is 2.45. The third kappa shape index (κ3) is 4.17. The van der Waals surface area contributed by atoms with Crippen molar-refractivity contribution in [3.63, 3.8) is 0 Å². The predicted octanol–water partition coefficient (Wildman–Crippen LogP) is 6.82. The molecule has 0 saturated carbocycles. The van der Waals surface area contributed by atoms with Crippen LogP contribution in [0, 0.1) is 0 Å². The van der Waals surface area contributed by atoms with Crippen LogP contribution in [0.3, 0.4) is 0 Å². The van der Waals surface area contributed by atoms with Crippen molar-refractivity contribution in [1.29, 1.82) is 0 Å². The highest BCUT2D eigenvalue weighted by Crippen LogP contribution is 2.35. The van der Waals surface area contributed by atoms with Gasteiger partial charge in [-0.15, -0.1) is 0 Å². The molecule has 0 radical (unpaired) electrons. The molecule has 2 amide bonds. The van der Waals surface area contributed by atoms with Gasteiger partial charge in [0.05, 0.1) is 11.4 Å². The zero-order valence-corrected chi connectivity index (χ0v) is 18.0. The lowest BCUT2D eigenvalue weighted by molar-refractivity contribution is -0.123. The SMILES string of the molecule is O=C1S/C(=C\c2ccc(Sc3ccccc3)o2)C(=O)N1Cc1cccc2ccccc12. The first-order chi connectivity index (χ1) is 15.2. The fourth-order valence-corrected chi connectivity index (χ4v) is 5.06.